The molecule has 5 heteroatoms. The standard InChI is InChI=1S/C22H16N4O/c1-14-3-7-17(8-4-14)19-11-21-24-20(12-22(27)26(21)25-15(19)2)18-9-5-16(13-23)6-10-18/h3-12H,1-2H3. The average Bonchev–Trinajstić information content (AvgIpc) is 2.69. The molecule has 2 aromatic carbocycles. The van der Waals surface area contributed by atoms with Crippen LogP contribution in [0, 0.1) is 25.2 Å². The third-order valence-electron chi connectivity index (χ3n) is 4.51. The van der Waals surface area contributed by atoms with Crippen LogP contribution in [0.1, 0.15) is 16.8 Å². The number of aryl methyl sites for hydroxylation is 2. The number of hydrogen-bond donors (Lipinski definition) is 0. The second kappa shape index (κ2) is 6.50. The van der Waals surface area contributed by atoms with E-state index in [1.807, 2.05) is 44.2 Å². The Morgan fingerprint density at radius 1 is 0.926 bits per heavy atom. The second-order valence-corrected chi connectivity index (χ2v) is 6.45. The number of aromatic nitrogens is 3. The molecule has 0 atom stereocenters. The summed E-state index contributed by atoms with van der Waals surface area (Å²) in [5.41, 5.74) is 6.08. The van der Waals surface area contributed by atoms with Crippen LogP contribution in [0.2, 0.25) is 0 Å². The van der Waals surface area contributed by atoms with E-state index in [1.54, 1.807) is 24.3 Å². The molecule has 0 aliphatic heterocycles. The number of nitrogens with zero attached hydrogens (tertiary/aromatic N) is 4. The zero-order valence-electron chi connectivity index (χ0n) is 15.0. The first-order valence-corrected chi connectivity index (χ1v) is 8.54. The fourth-order valence-electron chi connectivity index (χ4n) is 3.01. The molecule has 0 fully saturated rings. The first-order valence-electron chi connectivity index (χ1n) is 8.54. The zero-order valence-corrected chi connectivity index (χ0v) is 15.0. The highest BCUT2D eigenvalue weighted by molar-refractivity contribution is 5.70. The van der Waals surface area contributed by atoms with Gasteiger partial charge in [-0.2, -0.15) is 14.9 Å². The van der Waals surface area contributed by atoms with Gasteiger partial charge in [-0.15, -0.1) is 0 Å². The Kier molecular flexibility index (Phi) is 4.02. The summed E-state index contributed by atoms with van der Waals surface area (Å²) in [5, 5.41) is 13.4. The van der Waals surface area contributed by atoms with E-state index in [4.69, 9.17) is 5.26 Å². The molecule has 0 saturated carbocycles. The Morgan fingerprint density at radius 3 is 2.26 bits per heavy atom. The number of benzene rings is 2. The van der Waals surface area contributed by atoms with Crippen molar-refractivity contribution >= 4 is 5.65 Å². The average molecular weight is 352 g/mol. The molecule has 0 N–H and O–H groups in total. The first-order chi connectivity index (χ1) is 13.0. The van der Waals surface area contributed by atoms with E-state index in [2.05, 4.69) is 16.2 Å². The van der Waals surface area contributed by atoms with Crippen molar-refractivity contribution in [1.82, 2.24) is 14.6 Å². The molecule has 2 heterocycles. The lowest BCUT2D eigenvalue weighted by Gasteiger charge is -2.09. The molecule has 5 nitrogen and oxygen atoms in total. The number of fused-ring (bicyclic) bond motifs is 1. The van der Waals surface area contributed by atoms with Crippen LogP contribution in [0.4, 0.5) is 0 Å². The normalized spacial score (nSPS) is 10.7. The molecule has 0 bridgehead atoms. The van der Waals surface area contributed by atoms with Gasteiger partial charge in [-0.3, -0.25) is 4.79 Å². The van der Waals surface area contributed by atoms with Crippen LogP contribution in [0.25, 0.3) is 28.0 Å². The van der Waals surface area contributed by atoms with Crippen molar-refractivity contribution in [2.45, 2.75) is 13.8 Å². The van der Waals surface area contributed by atoms with Crippen LogP contribution in [0.15, 0.2) is 65.5 Å². The van der Waals surface area contributed by atoms with Crippen molar-refractivity contribution in [3.05, 3.63) is 87.8 Å². The van der Waals surface area contributed by atoms with E-state index in [0.717, 1.165) is 22.4 Å². The van der Waals surface area contributed by atoms with Gasteiger partial charge in [0.05, 0.1) is 23.0 Å². The van der Waals surface area contributed by atoms with E-state index >= 15 is 0 Å². The highest BCUT2D eigenvalue weighted by Gasteiger charge is 2.10. The maximum Gasteiger partial charge on any atom is 0.275 e. The largest absolute Gasteiger partial charge is 0.275 e. The highest BCUT2D eigenvalue weighted by Crippen LogP contribution is 2.24. The number of nitriles is 1. The molecule has 0 saturated heterocycles. The van der Waals surface area contributed by atoms with Gasteiger partial charge in [-0.1, -0.05) is 42.0 Å². The number of rotatable bonds is 2. The van der Waals surface area contributed by atoms with Crippen molar-refractivity contribution < 1.29 is 0 Å². The van der Waals surface area contributed by atoms with Gasteiger partial charge in [0.1, 0.15) is 0 Å². The SMILES string of the molecule is Cc1ccc(-c2cc3nc(-c4ccc(C#N)cc4)cc(=O)n3nc2C)cc1. The van der Waals surface area contributed by atoms with E-state index < -0.39 is 0 Å². The quantitative estimate of drug-likeness (QED) is 0.548. The van der Waals surface area contributed by atoms with E-state index in [-0.39, 0.29) is 5.56 Å². The van der Waals surface area contributed by atoms with Crippen LogP contribution in [0.3, 0.4) is 0 Å². The molecular weight excluding hydrogens is 336 g/mol. The summed E-state index contributed by atoms with van der Waals surface area (Å²) in [6.45, 7) is 3.93. The molecule has 0 unspecified atom stereocenters. The maximum absolute atomic E-state index is 12.5. The number of hydrogen-bond acceptors (Lipinski definition) is 4. The van der Waals surface area contributed by atoms with Crippen LogP contribution >= 0.6 is 0 Å². The summed E-state index contributed by atoms with van der Waals surface area (Å²) in [7, 11) is 0. The minimum absolute atomic E-state index is 0.238. The third kappa shape index (κ3) is 3.09. The minimum atomic E-state index is -0.238. The van der Waals surface area contributed by atoms with Gasteiger partial charge in [0.2, 0.25) is 0 Å². The lowest BCUT2D eigenvalue weighted by Crippen LogP contribution is -2.18. The summed E-state index contributed by atoms with van der Waals surface area (Å²) in [5.74, 6) is 0. The summed E-state index contributed by atoms with van der Waals surface area (Å²) < 4.78 is 1.32. The van der Waals surface area contributed by atoms with Crippen molar-refractivity contribution in [2.24, 2.45) is 0 Å². The molecule has 0 spiro atoms. The Balaban J connectivity index is 1.89. The van der Waals surface area contributed by atoms with E-state index in [1.165, 1.54) is 16.1 Å². The Labute approximate surface area is 156 Å². The van der Waals surface area contributed by atoms with Gasteiger partial charge in [0.15, 0.2) is 5.65 Å². The Morgan fingerprint density at radius 2 is 1.59 bits per heavy atom. The fourth-order valence-corrected chi connectivity index (χ4v) is 3.01. The van der Waals surface area contributed by atoms with Gasteiger partial charge < -0.3 is 0 Å². The Bertz CT molecular complexity index is 1250. The lowest BCUT2D eigenvalue weighted by molar-refractivity contribution is 0.845. The molecule has 0 amide bonds. The van der Waals surface area contributed by atoms with Gasteiger partial charge in [0.25, 0.3) is 5.56 Å². The summed E-state index contributed by atoms with van der Waals surface area (Å²) in [4.78, 5) is 17.2. The van der Waals surface area contributed by atoms with Crippen LogP contribution in [0.5, 0.6) is 0 Å². The summed E-state index contributed by atoms with van der Waals surface area (Å²) >= 11 is 0. The van der Waals surface area contributed by atoms with Gasteiger partial charge in [-0.05, 0) is 37.6 Å². The molecular formula is C22H16N4O. The van der Waals surface area contributed by atoms with Crippen molar-refractivity contribution in [1.29, 1.82) is 5.26 Å². The third-order valence-corrected chi connectivity index (χ3v) is 4.51. The van der Waals surface area contributed by atoms with Gasteiger partial charge in [0, 0.05) is 17.2 Å². The summed E-state index contributed by atoms with van der Waals surface area (Å²) in [6.07, 6.45) is 0. The highest BCUT2D eigenvalue weighted by atomic mass is 16.1. The lowest BCUT2D eigenvalue weighted by atomic mass is 10.0. The van der Waals surface area contributed by atoms with Crippen molar-refractivity contribution in [2.75, 3.05) is 0 Å². The molecule has 27 heavy (non-hydrogen) atoms. The fraction of sp³-hybridized carbons (Fsp3) is 0.0909. The molecule has 0 aliphatic rings. The second-order valence-electron chi connectivity index (χ2n) is 6.45. The predicted octanol–water partition coefficient (Wildman–Crippen LogP) is 3.91. The van der Waals surface area contributed by atoms with E-state index in [9.17, 15) is 4.79 Å². The smallest absolute Gasteiger partial charge is 0.267 e. The monoisotopic (exact) mass is 352 g/mol. The predicted molar refractivity (Wildman–Crippen MR) is 104 cm³/mol. The van der Waals surface area contributed by atoms with Gasteiger partial charge in [-0.25, -0.2) is 4.98 Å². The minimum Gasteiger partial charge on any atom is -0.267 e. The molecule has 4 rings (SSSR count). The van der Waals surface area contributed by atoms with Crippen LogP contribution in [-0.4, -0.2) is 14.6 Å². The van der Waals surface area contributed by atoms with Gasteiger partial charge >= 0.3 is 0 Å². The topological polar surface area (TPSA) is 71.0 Å². The molecule has 0 radical (unpaired) electrons. The van der Waals surface area contributed by atoms with Crippen LogP contribution in [-0.2, 0) is 0 Å². The maximum atomic E-state index is 12.5. The molecule has 0 aliphatic carbocycles. The molecule has 4 aromatic rings. The Hall–Kier alpha value is -3.78. The van der Waals surface area contributed by atoms with Crippen molar-refractivity contribution in [3.8, 4) is 28.5 Å². The van der Waals surface area contributed by atoms with E-state index in [0.29, 0.717) is 16.9 Å². The van der Waals surface area contributed by atoms with Crippen molar-refractivity contribution in [3.63, 3.8) is 0 Å². The summed E-state index contributed by atoms with van der Waals surface area (Å²) in [6, 6.07) is 20.6. The zero-order chi connectivity index (χ0) is 19.0. The first kappa shape index (κ1) is 16.7. The van der Waals surface area contributed by atoms with Crippen LogP contribution < -0.4 is 5.56 Å². The molecule has 2 aromatic heterocycles. The molecule has 130 valence electrons.